The monoisotopic (exact) mass is 360 g/mol. The molecule has 1 heterocycles. The number of benzene rings is 1. The summed E-state index contributed by atoms with van der Waals surface area (Å²) in [6.45, 7) is -0.424. The van der Waals surface area contributed by atoms with Crippen LogP contribution in [0.25, 0.3) is 0 Å². The summed E-state index contributed by atoms with van der Waals surface area (Å²) in [5.74, 6) is 0.897. The average molecular weight is 360 g/mol. The van der Waals surface area contributed by atoms with Crippen molar-refractivity contribution >= 4 is 26.2 Å². The molecule has 0 spiro atoms. The highest BCUT2D eigenvalue weighted by atomic mass is 32.3. The number of rotatable bonds is 3. The molecule has 2 atom stereocenters. The molecule has 0 bridgehead atoms. The third-order valence-corrected chi connectivity index (χ3v) is 6.03. The number of terminal acetylenes is 1. The Morgan fingerprint density at radius 2 is 1.78 bits per heavy atom. The summed E-state index contributed by atoms with van der Waals surface area (Å²) < 4.78 is 61.2. The van der Waals surface area contributed by atoms with Crippen LogP contribution in [0.4, 0.5) is 0 Å². The van der Waals surface area contributed by atoms with Gasteiger partial charge < -0.3 is 4.74 Å². The zero-order valence-electron chi connectivity index (χ0n) is 11.6. The Balaban J connectivity index is 2.47. The third kappa shape index (κ3) is 4.52. The highest BCUT2D eigenvalue weighted by Gasteiger charge is 2.45. The lowest BCUT2D eigenvalue weighted by atomic mass is 10.0. The molecule has 1 aromatic carbocycles. The van der Waals surface area contributed by atoms with E-state index in [1.807, 2.05) is 5.92 Å². The van der Waals surface area contributed by atoms with E-state index in [0.29, 0.717) is 0 Å². The van der Waals surface area contributed by atoms with Crippen molar-refractivity contribution in [2.75, 3.05) is 11.7 Å². The lowest BCUT2D eigenvalue weighted by molar-refractivity contribution is -0.154. The third-order valence-electron chi connectivity index (χ3n) is 2.72. The molecule has 2 unspecified atom stereocenters. The van der Waals surface area contributed by atoms with E-state index in [9.17, 15) is 21.6 Å². The Morgan fingerprint density at radius 3 is 2.39 bits per heavy atom. The van der Waals surface area contributed by atoms with E-state index in [0.717, 1.165) is 0 Å². The Bertz CT molecular complexity index is 820. The zero-order valence-corrected chi connectivity index (χ0v) is 13.2. The predicted molar refractivity (Wildman–Crippen MR) is 77.6 cm³/mol. The Morgan fingerprint density at radius 1 is 1.17 bits per heavy atom. The number of ether oxygens (including phenoxy) is 1. The van der Waals surface area contributed by atoms with Gasteiger partial charge in [-0.3, -0.25) is 8.37 Å². The van der Waals surface area contributed by atoms with Crippen molar-refractivity contribution in [3.63, 3.8) is 0 Å². The summed E-state index contributed by atoms with van der Waals surface area (Å²) in [6.07, 6.45) is 1.63. The van der Waals surface area contributed by atoms with Crippen LogP contribution in [0.1, 0.15) is 11.7 Å². The van der Waals surface area contributed by atoms with Crippen molar-refractivity contribution in [2.45, 2.75) is 12.2 Å². The van der Waals surface area contributed by atoms with E-state index in [4.69, 9.17) is 10.6 Å². The molecule has 0 N–H and O–H groups in total. The van der Waals surface area contributed by atoms with Gasteiger partial charge in [-0.05, 0) is 5.56 Å². The Labute approximate surface area is 133 Å². The molecular weight excluding hydrogens is 348 g/mol. The van der Waals surface area contributed by atoms with Gasteiger partial charge in [-0.25, -0.2) is 4.79 Å². The minimum atomic E-state index is -4.55. The molecule has 2 rings (SSSR count). The molecule has 124 valence electrons. The largest absolute Gasteiger partial charge is 0.450 e. The first-order chi connectivity index (χ1) is 10.7. The summed E-state index contributed by atoms with van der Waals surface area (Å²) in [6, 6.07) is 7.70. The minimum absolute atomic E-state index is 0.232. The fraction of sp³-hybridized carbons (Fsp3) is 0.308. The van der Waals surface area contributed by atoms with Crippen LogP contribution in [0.3, 0.4) is 0 Å². The predicted octanol–water partition coefficient (Wildman–Crippen LogP) is -0.0634. The van der Waals surface area contributed by atoms with Crippen LogP contribution < -0.4 is 0 Å². The highest BCUT2D eigenvalue weighted by Crippen LogP contribution is 2.31. The highest BCUT2D eigenvalue weighted by molar-refractivity contribution is 8.03. The molecular formula is C13H12O8S2. The second-order valence-electron chi connectivity index (χ2n) is 4.49. The van der Waals surface area contributed by atoms with Crippen LogP contribution in [0.2, 0.25) is 0 Å². The fourth-order valence-corrected chi connectivity index (χ4v) is 4.76. The molecule has 23 heavy (non-hydrogen) atoms. The van der Waals surface area contributed by atoms with Gasteiger partial charge in [-0.15, -0.1) is 6.42 Å². The first kappa shape index (κ1) is 17.4. The second-order valence-corrected chi connectivity index (χ2v) is 8.05. The van der Waals surface area contributed by atoms with E-state index in [1.165, 1.54) is 12.1 Å². The smallest absolute Gasteiger partial charge is 0.340 e. The maximum Gasteiger partial charge on any atom is 0.340 e. The topological polar surface area (TPSA) is 113 Å². The van der Waals surface area contributed by atoms with E-state index >= 15 is 0 Å². The standard InChI is InChI=1S/C13H12O8S2/c1-2-8-19-13(14)12-11(10-6-4-3-5-7-10)20-22(15,16)9-23(17,18)21-12/h1,3-7,11-12H,8-9H2. The molecule has 1 saturated heterocycles. The van der Waals surface area contributed by atoms with E-state index < -0.39 is 50.1 Å². The summed E-state index contributed by atoms with van der Waals surface area (Å²) in [5, 5.41) is -1.40. The molecule has 1 fully saturated rings. The van der Waals surface area contributed by atoms with Gasteiger partial charge >= 0.3 is 5.97 Å². The molecule has 1 aromatic rings. The Hall–Kier alpha value is -1.93. The first-order valence-corrected chi connectivity index (χ1v) is 9.36. The molecule has 10 heteroatoms. The van der Waals surface area contributed by atoms with Crippen LogP contribution in [0.15, 0.2) is 30.3 Å². The van der Waals surface area contributed by atoms with Gasteiger partial charge in [0.1, 0.15) is 6.10 Å². The number of carbonyl (C=O) groups excluding carboxylic acids is 1. The van der Waals surface area contributed by atoms with Crippen molar-refractivity contribution in [2.24, 2.45) is 0 Å². The molecule has 1 aliphatic heterocycles. The second kappa shape index (κ2) is 6.67. The fourth-order valence-electron chi connectivity index (χ4n) is 1.88. The van der Waals surface area contributed by atoms with Crippen LogP contribution >= 0.6 is 0 Å². The van der Waals surface area contributed by atoms with Crippen LogP contribution in [-0.2, 0) is 38.1 Å². The van der Waals surface area contributed by atoms with Crippen molar-refractivity contribution < 1.29 is 34.7 Å². The van der Waals surface area contributed by atoms with Crippen molar-refractivity contribution in [3.05, 3.63) is 35.9 Å². The van der Waals surface area contributed by atoms with E-state index in [-0.39, 0.29) is 5.56 Å². The maximum absolute atomic E-state index is 12.0. The minimum Gasteiger partial charge on any atom is -0.450 e. The van der Waals surface area contributed by atoms with E-state index in [1.54, 1.807) is 18.2 Å². The molecule has 1 aliphatic rings. The maximum atomic E-state index is 12.0. The summed E-state index contributed by atoms with van der Waals surface area (Å²) in [5.41, 5.74) is 0.232. The van der Waals surface area contributed by atoms with Crippen molar-refractivity contribution in [1.29, 1.82) is 0 Å². The SMILES string of the molecule is C#CCOC(=O)C1OS(=O)(=O)CS(=O)(=O)OC1c1ccccc1. The normalized spacial score (nSPS) is 25.7. The lowest BCUT2D eigenvalue weighted by Gasteiger charge is -2.21. The zero-order chi connectivity index (χ0) is 17.1. The van der Waals surface area contributed by atoms with Gasteiger partial charge in [0, 0.05) is 0 Å². The van der Waals surface area contributed by atoms with Gasteiger partial charge in [0.05, 0.1) is 0 Å². The van der Waals surface area contributed by atoms with Gasteiger partial charge in [-0.1, -0.05) is 36.3 Å². The number of hydrogen-bond donors (Lipinski definition) is 0. The number of esters is 1. The molecule has 0 aromatic heterocycles. The van der Waals surface area contributed by atoms with E-state index in [2.05, 4.69) is 8.92 Å². The van der Waals surface area contributed by atoms with Crippen LogP contribution in [0.5, 0.6) is 0 Å². The van der Waals surface area contributed by atoms with Gasteiger partial charge in [-0.2, -0.15) is 16.8 Å². The summed E-state index contributed by atoms with van der Waals surface area (Å²) in [7, 11) is -9.02. The average Bonchev–Trinajstić information content (AvgIpc) is 2.57. The molecule has 8 nitrogen and oxygen atoms in total. The van der Waals surface area contributed by atoms with Crippen molar-refractivity contribution in [3.8, 4) is 12.3 Å². The van der Waals surface area contributed by atoms with Crippen molar-refractivity contribution in [1.82, 2.24) is 0 Å². The van der Waals surface area contributed by atoms with Crippen LogP contribution in [-0.4, -0.2) is 40.6 Å². The van der Waals surface area contributed by atoms with Gasteiger partial charge in [0.25, 0.3) is 20.2 Å². The van der Waals surface area contributed by atoms with Crippen LogP contribution in [0, 0.1) is 12.3 Å². The molecule has 0 saturated carbocycles. The number of carbonyl (C=O) groups is 1. The molecule has 0 radical (unpaired) electrons. The lowest BCUT2D eigenvalue weighted by Crippen LogP contribution is -2.34. The quantitative estimate of drug-likeness (QED) is 0.418. The summed E-state index contributed by atoms with van der Waals surface area (Å²) >= 11 is 0. The molecule has 0 amide bonds. The van der Waals surface area contributed by atoms with Gasteiger partial charge in [0.2, 0.25) is 11.2 Å². The Kier molecular flexibility index (Phi) is 5.06. The molecule has 0 aliphatic carbocycles. The first-order valence-electron chi connectivity index (χ1n) is 6.21. The number of hydrogen-bond acceptors (Lipinski definition) is 8. The summed E-state index contributed by atoms with van der Waals surface area (Å²) in [4.78, 5) is 12.0. The van der Waals surface area contributed by atoms with Gasteiger partial charge in [0.15, 0.2) is 6.61 Å².